The maximum atomic E-state index is 6.44. The average Bonchev–Trinajstić information content (AvgIpc) is 2.95. The number of aromatic nitrogens is 2. The summed E-state index contributed by atoms with van der Waals surface area (Å²) >= 11 is 0. The quantitative estimate of drug-likeness (QED) is 0.935. The molecule has 1 aromatic carbocycles. The van der Waals surface area contributed by atoms with Crippen molar-refractivity contribution in [1.29, 1.82) is 0 Å². The summed E-state index contributed by atoms with van der Waals surface area (Å²) in [7, 11) is 1.64. The zero-order chi connectivity index (χ0) is 14.7. The number of nitrogens with zero attached hydrogens (tertiary/aromatic N) is 2. The Morgan fingerprint density at radius 3 is 2.76 bits per heavy atom. The first-order valence-electron chi connectivity index (χ1n) is 7.45. The Morgan fingerprint density at radius 1 is 1.24 bits per heavy atom. The predicted octanol–water partition coefficient (Wildman–Crippen LogP) is 2.95. The van der Waals surface area contributed by atoms with E-state index in [1.54, 1.807) is 7.11 Å². The van der Waals surface area contributed by atoms with Gasteiger partial charge in [0.1, 0.15) is 5.75 Å². The molecule has 21 heavy (non-hydrogen) atoms. The first kappa shape index (κ1) is 14.1. The van der Waals surface area contributed by atoms with Crippen LogP contribution in [0.1, 0.15) is 38.0 Å². The van der Waals surface area contributed by atoms with Gasteiger partial charge in [0.15, 0.2) is 0 Å². The van der Waals surface area contributed by atoms with E-state index in [0.717, 1.165) is 24.2 Å². The molecule has 0 amide bonds. The monoisotopic (exact) mass is 287 g/mol. The fourth-order valence-electron chi connectivity index (χ4n) is 3.00. The van der Waals surface area contributed by atoms with Gasteiger partial charge >= 0.3 is 0 Å². The van der Waals surface area contributed by atoms with Gasteiger partial charge in [-0.25, -0.2) is 0 Å². The largest absolute Gasteiger partial charge is 0.496 e. The van der Waals surface area contributed by atoms with Crippen molar-refractivity contribution >= 4 is 0 Å². The third kappa shape index (κ3) is 3.08. The van der Waals surface area contributed by atoms with Gasteiger partial charge in [-0.1, -0.05) is 36.6 Å². The van der Waals surface area contributed by atoms with Crippen molar-refractivity contribution in [1.82, 2.24) is 10.1 Å². The Kier molecular flexibility index (Phi) is 3.92. The maximum absolute atomic E-state index is 6.44. The minimum absolute atomic E-state index is 0.192. The van der Waals surface area contributed by atoms with Crippen LogP contribution in [0.15, 0.2) is 28.8 Å². The van der Waals surface area contributed by atoms with E-state index in [1.807, 2.05) is 24.3 Å². The highest BCUT2D eigenvalue weighted by Crippen LogP contribution is 2.31. The van der Waals surface area contributed by atoms with Crippen LogP contribution in [0.5, 0.6) is 5.75 Å². The van der Waals surface area contributed by atoms with Crippen molar-refractivity contribution in [3.8, 4) is 17.1 Å². The highest BCUT2D eigenvalue weighted by molar-refractivity contribution is 5.63. The molecule has 1 fully saturated rings. The molecule has 0 unspecified atom stereocenters. The lowest BCUT2D eigenvalue weighted by atomic mass is 9.80. The molecular formula is C16H21N3O2. The fraction of sp³-hybridized carbons (Fsp3) is 0.500. The van der Waals surface area contributed by atoms with Crippen LogP contribution < -0.4 is 10.5 Å². The Bertz CT molecular complexity index is 603. The third-order valence-electron chi connectivity index (χ3n) is 4.17. The average molecular weight is 287 g/mol. The summed E-state index contributed by atoms with van der Waals surface area (Å²) in [6.07, 6.45) is 6.34. The lowest BCUT2D eigenvalue weighted by Gasteiger charge is -2.31. The van der Waals surface area contributed by atoms with Crippen LogP contribution in [-0.4, -0.2) is 22.8 Å². The van der Waals surface area contributed by atoms with E-state index >= 15 is 0 Å². The van der Waals surface area contributed by atoms with Crippen molar-refractivity contribution in [2.24, 2.45) is 5.73 Å². The van der Waals surface area contributed by atoms with E-state index in [1.165, 1.54) is 19.3 Å². The van der Waals surface area contributed by atoms with Gasteiger partial charge in [0.2, 0.25) is 11.7 Å². The molecule has 0 spiro atoms. The molecule has 3 rings (SSSR count). The summed E-state index contributed by atoms with van der Waals surface area (Å²) in [6.45, 7) is 0. The van der Waals surface area contributed by atoms with Gasteiger partial charge < -0.3 is 15.0 Å². The lowest BCUT2D eigenvalue weighted by Crippen LogP contribution is -2.43. The van der Waals surface area contributed by atoms with Crippen LogP contribution in [0.4, 0.5) is 0 Å². The summed E-state index contributed by atoms with van der Waals surface area (Å²) < 4.78 is 10.7. The number of hydrogen-bond acceptors (Lipinski definition) is 5. The van der Waals surface area contributed by atoms with Crippen LogP contribution in [0.2, 0.25) is 0 Å². The second kappa shape index (κ2) is 5.85. The number of nitrogens with two attached hydrogens (primary N) is 1. The molecule has 2 aromatic rings. The number of para-hydroxylation sites is 1. The Morgan fingerprint density at radius 2 is 2.00 bits per heavy atom. The van der Waals surface area contributed by atoms with Crippen molar-refractivity contribution in [2.75, 3.05) is 7.11 Å². The molecule has 1 saturated carbocycles. The highest BCUT2D eigenvalue weighted by Gasteiger charge is 2.30. The van der Waals surface area contributed by atoms with Gasteiger partial charge in [0, 0.05) is 12.0 Å². The topological polar surface area (TPSA) is 74.2 Å². The number of rotatable bonds is 4. The zero-order valence-corrected chi connectivity index (χ0v) is 12.3. The summed E-state index contributed by atoms with van der Waals surface area (Å²) in [5.74, 6) is 1.91. The van der Waals surface area contributed by atoms with Crippen molar-refractivity contribution in [3.63, 3.8) is 0 Å². The summed E-state index contributed by atoms with van der Waals surface area (Å²) in [5, 5.41) is 4.07. The van der Waals surface area contributed by atoms with E-state index in [0.29, 0.717) is 18.1 Å². The zero-order valence-electron chi connectivity index (χ0n) is 12.3. The molecule has 5 nitrogen and oxygen atoms in total. The standard InChI is InChI=1S/C16H21N3O2/c1-20-13-8-4-3-7-12(13)15-18-14(21-19-15)11-16(17)9-5-2-6-10-16/h3-4,7-8H,2,5-6,9-11,17H2,1H3. The summed E-state index contributed by atoms with van der Waals surface area (Å²) in [4.78, 5) is 4.49. The van der Waals surface area contributed by atoms with Gasteiger partial charge in [0.05, 0.1) is 12.7 Å². The van der Waals surface area contributed by atoms with Crippen LogP contribution in [0.3, 0.4) is 0 Å². The molecule has 1 heterocycles. The first-order chi connectivity index (χ1) is 10.2. The van der Waals surface area contributed by atoms with Crippen LogP contribution in [0, 0.1) is 0 Å². The molecule has 1 aliphatic rings. The minimum atomic E-state index is -0.192. The normalized spacial score (nSPS) is 17.6. The van der Waals surface area contributed by atoms with Gasteiger partial charge in [-0.2, -0.15) is 4.98 Å². The first-order valence-corrected chi connectivity index (χ1v) is 7.45. The lowest BCUT2D eigenvalue weighted by molar-refractivity contribution is 0.261. The molecule has 1 aliphatic carbocycles. The van der Waals surface area contributed by atoms with Crippen molar-refractivity contribution in [3.05, 3.63) is 30.2 Å². The minimum Gasteiger partial charge on any atom is -0.496 e. The molecule has 112 valence electrons. The number of hydrogen-bond donors (Lipinski definition) is 1. The molecule has 0 bridgehead atoms. The molecular weight excluding hydrogens is 266 g/mol. The van der Waals surface area contributed by atoms with Crippen LogP contribution in [0.25, 0.3) is 11.4 Å². The molecule has 0 aliphatic heterocycles. The van der Waals surface area contributed by atoms with E-state index in [-0.39, 0.29) is 5.54 Å². The third-order valence-corrected chi connectivity index (χ3v) is 4.17. The van der Waals surface area contributed by atoms with Crippen molar-refractivity contribution < 1.29 is 9.26 Å². The second-order valence-electron chi connectivity index (χ2n) is 5.81. The molecule has 0 radical (unpaired) electrons. The van der Waals surface area contributed by atoms with Crippen LogP contribution >= 0.6 is 0 Å². The smallest absolute Gasteiger partial charge is 0.228 e. The highest BCUT2D eigenvalue weighted by atomic mass is 16.5. The molecule has 1 aromatic heterocycles. The van der Waals surface area contributed by atoms with E-state index in [9.17, 15) is 0 Å². The van der Waals surface area contributed by atoms with Crippen molar-refractivity contribution in [2.45, 2.75) is 44.1 Å². The van der Waals surface area contributed by atoms with Gasteiger partial charge in [-0.05, 0) is 25.0 Å². The fourth-order valence-corrected chi connectivity index (χ4v) is 3.00. The number of methoxy groups -OCH3 is 1. The second-order valence-corrected chi connectivity index (χ2v) is 5.81. The van der Waals surface area contributed by atoms with Gasteiger partial charge in [0.25, 0.3) is 0 Å². The summed E-state index contributed by atoms with van der Waals surface area (Å²) in [6, 6.07) is 7.66. The van der Waals surface area contributed by atoms with Gasteiger partial charge in [-0.15, -0.1) is 0 Å². The van der Waals surface area contributed by atoms with Gasteiger partial charge in [-0.3, -0.25) is 0 Å². The molecule has 5 heteroatoms. The van der Waals surface area contributed by atoms with E-state index in [2.05, 4.69) is 10.1 Å². The Labute approximate surface area is 124 Å². The molecule has 2 N–H and O–H groups in total. The Balaban J connectivity index is 1.80. The molecule has 0 saturated heterocycles. The Hall–Kier alpha value is -1.88. The maximum Gasteiger partial charge on any atom is 0.228 e. The SMILES string of the molecule is COc1ccccc1-c1noc(CC2(N)CCCCC2)n1. The van der Waals surface area contributed by atoms with E-state index in [4.69, 9.17) is 15.0 Å². The summed E-state index contributed by atoms with van der Waals surface area (Å²) in [5.41, 5.74) is 7.09. The number of ether oxygens (including phenoxy) is 1. The molecule has 0 atom stereocenters. The number of benzene rings is 1. The predicted molar refractivity (Wildman–Crippen MR) is 80.0 cm³/mol. The van der Waals surface area contributed by atoms with Crippen LogP contribution in [-0.2, 0) is 6.42 Å². The van der Waals surface area contributed by atoms with E-state index < -0.39 is 0 Å².